The van der Waals surface area contributed by atoms with Gasteiger partial charge >= 0.3 is 0 Å². The minimum Gasteiger partial charge on any atom is -0.492 e. The number of aryl methyl sites for hydroxylation is 1. The summed E-state index contributed by atoms with van der Waals surface area (Å²) in [7, 11) is 0. The van der Waals surface area contributed by atoms with Crippen LogP contribution >= 0.6 is 0 Å². The molecule has 0 aliphatic heterocycles. The Labute approximate surface area is 81.6 Å². The summed E-state index contributed by atoms with van der Waals surface area (Å²) >= 11 is 0. The van der Waals surface area contributed by atoms with Gasteiger partial charge < -0.3 is 10.8 Å². The van der Waals surface area contributed by atoms with Gasteiger partial charge in [0.05, 0.1) is 11.4 Å². The number of hydrogen-bond donors (Lipinski definition) is 2. The lowest BCUT2D eigenvalue weighted by molar-refractivity contribution is 0.436. The minimum absolute atomic E-state index is 0.00583. The number of aromatic hydroxyl groups is 1. The van der Waals surface area contributed by atoms with Crippen LogP contribution in [0.3, 0.4) is 0 Å². The molecule has 0 atom stereocenters. The van der Waals surface area contributed by atoms with Crippen LogP contribution in [0.4, 0.5) is 5.69 Å². The van der Waals surface area contributed by atoms with Gasteiger partial charge in [0.15, 0.2) is 0 Å². The molecule has 0 saturated carbocycles. The Kier molecular flexibility index (Phi) is 1.89. The number of aromatic nitrogens is 2. The Balaban J connectivity index is 2.58. The molecule has 0 spiro atoms. The van der Waals surface area contributed by atoms with E-state index in [1.165, 1.54) is 4.68 Å². The second-order valence-corrected chi connectivity index (χ2v) is 3.07. The Morgan fingerprint density at radius 3 is 2.43 bits per heavy atom. The molecule has 1 aromatic carbocycles. The molecule has 0 fully saturated rings. The summed E-state index contributed by atoms with van der Waals surface area (Å²) in [4.78, 5) is 0. The van der Waals surface area contributed by atoms with Gasteiger partial charge in [0, 0.05) is 0 Å². The maximum atomic E-state index is 9.65. The van der Waals surface area contributed by atoms with Crippen LogP contribution < -0.4 is 5.73 Å². The van der Waals surface area contributed by atoms with Gasteiger partial charge in [-0.15, -0.1) is 0 Å². The molecule has 0 saturated heterocycles. The lowest BCUT2D eigenvalue weighted by Gasteiger charge is -2.01. The zero-order chi connectivity index (χ0) is 10.1. The highest BCUT2D eigenvalue weighted by Crippen LogP contribution is 2.25. The average molecular weight is 189 g/mol. The van der Waals surface area contributed by atoms with Crippen LogP contribution in [0.2, 0.25) is 0 Å². The third kappa shape index (κ3) is 1.21. The SMILES string of the molecule is Cc1nn(-c2ccccc2)c(O)c1N. The molecule has 0 amide bonds. The molecule has 2 rings (SSSR count). The lowest BCUT2D eigenvalue weighted by Crippen LogP contribution is -1.95. The van der Waals surface area contributed by atoms with Crippen molar-refractivity contribution < 1.29 is 5.11 Å². The molecule has 2 aromatic rings. The zero-order valence-corrected chi connectivity index (χ0v) is 7.81. The zero-order valence-electron chi connectivity index (χ0n) is 7.81. The maximum Gasteiger partial charge on any atom is 0.238 e. The van der Waals surface area contributed by atoms with Gasteiger partial charge in [0.1, 0.15) is 5.69 Å². The molecular formula is C10H11N3O. The number of nitrogens with two attached hydrogens (primary N) is 1. The number of nitrogen functional groups attached to an aromatic ring is 1. The quantitative estimate of drug-likeness (QED) is 0.714. The van der Waals surface area contributed by atoms with Crippen LogP contribution in [0.25, 0.3) is 5.69 Å². The first kappa shape index (κ1) is 8.62. The predicted octanol–water partition coefficient (Wildman–Crippen LogP) is 1.47. The average Bonchev–Trinajstić information content (AvgIpc) is 2.47. The summed E-state index contributed by atoms with van der Waals surface area (Å²) in [6.07, 6.45) is 0. The van der Waals surface area contributed by atoms with Gasteiger partial charge in [-0.1, -0.05) is 18.2 Å². The number of anilines is 1. The van der Waals surface area contributed by atoms with Crippen molar-refractivity contribution in [3.63, 3.8) is 0 Å². The van der Waals surface area contributed by atoms with Gasteiger partial charge in [-0.2, -0.15) is 9.78 Å². The summed E-state index contributed by atoms with van der Waals surface area (Å²) in [5, 5.41) is 13.8. The predicted molar refractivity (Wildman–Crippen MR) is 54.4 cm³/mol. The van der Waals surface area contributed by atoms with Gasteiger partial charge in [-0.25, -0.2) is 0 Å². The fraction of sp³-hybridized carbons (Fsp3) is 0.100. The Bertz CT molecular complexity index is 448. The summed E-state index contributed by atoms with van der Waals surface area (Å²) in [5.74, 6) is -0.00583. The van der Waals surface area contributed by atoms with E-state index < -0.39 is 0 Å². The fourth-order valence-corrected chi connectivity index (χ4v) is 1.28. The largest absolute Gasteiger partial charge is 0.492 e. The third-order valence-electron chi connectivity index (χ3n) is 2.08. The molecule has 4 nitrogen and oxygen atoms in total. The molecule has 14 heavy (non-hydrogen) atoms. The van der Waals surface area contributed by atoms with E-state index in [0.717, 1.165) is 5.69 Å². The van der Waals surface area contributed by atoms with Crippen LogP contribution in [0, 0.1) is 6.92 Å². The van der Waals surface area contributed by atoms with E-state index in [9.17, 15) is 5.11 Å². The van der Waals surface area contributed by atoms with E-state index in [-0.39, 0.29) is 5.88 Å². The van der Waals surface area contributed by atoms with Gasteiger partial charge in [0.25, 0.3) is 0 Å². The van der Waals surface area contributed by atoms with Gasteiger partial charge in [-0.3, -0.25) is 0 Å². The van der Waals surface area contributed by atoms with Crippen molar-refractivity contribution in [2.24, 2.45) is 0 Å². The molecule has 0 radical (unpaired) electrons. The van der Waals surface area contributed by atoms with Crippen LogP contribution in [0.5, 0.6) is 5.88 Å². The van der Waals surface area contributed by atoms with Crippen LogP contribution in [-0.4, -0.2) is 14.9 Å². The first-order valence-electron chi connectivity index (χ1n) is 4.29. The van der Waals surface area contributed by atoms with E-state index >= 15 is 0 Å². The number of para-hydroxylation sites is 1. The second kappa shape index (κ2) is 3.06. The number of benzene rings is 1. The summed E-state index contributed by atoms with van der Waals surface area (Å²) in [5.41, 5.74) is 7.36. The van der Waals surface area contributed by atoms with Crippen molar-refractivity contribution in [1.82, 2.24) is 9.78 Å². The molecule has 4 heteroatoms. The highest BCUT2D eigenvalue weighted by molar-refractivity contribution is 5.54. The Morgan fingerprint density at radius 1 is 1.29 bits per heavy atom. The number of nitrogens with zero attached hydrogens (tertiary/aromatic N) is 2. The van der Waals surface area contributed by atoms with Crippen LogP contribution in [0.15, 0.2) is 30.3 Å². The topological polar surface area (TPSA) is 64.1 Å². The van der Waals surface area contributed by atoms with E-state index in [0.29, 0.717) is 11.4 Å². The van der Waals surface area contributed by atoms with E-state index in [1.54, 1.807) is 6.92 Å². The van der Waals surface area contributed by atoms with Crippen molar-refractivity contribution in [3.05, 3.63) is 36.0 Å². The maximum absolute atomic E-state index is 9.65. The number of hydrogen-bond acceptors (Lipinski definition) is 3. The van der Waals surface area contributed by atoms with Crippen LogP contribution in [0.1, 0.15) is 5.69 Å². The third-order valence-corrected chi connectivity index (χ3v) is 2.08. The van der Waals surface area contributed by atoms with E-state index in [1.807, 2.05) is 30.3 Å². The van der Waals surface area contributed by atoms with E-state index in [2.05, 4.69) is 5.10 Å². The molecule has 0 bridgehead atoms. The van der Waals surface area contributed by atoms with E-state index in [4.69, 9.17) is 5.73 Å². The summed E-state index contributed by atoms with van der Waals surface area (Å²) in [6.45, 7) is 1.76. The van der Waals surface area contributed by atoms with Crippen molar-refractivity contribution >= 4 is 5.69 Å². The Hall–Kier alpha value is -1.97. The van der Waals surface area contributed by atoms with Crippen molar-refractivity contribution in [2.45, 2.75) is 6.92 Å². The molecule has 0 unspecified atom stereocenters. The second-order valence-electron chi connectivity index (χ2n) is 3.07. The minimum atomic E-state index is -0.00583. The van der Waals surface area contributed by atoms with Gasteiger partial charge in [0.2, 0.25) is 5.88 Å². The van der Waals surface area contributed by atoms with Crippen molar-refractivity contribution in [3.8, 4) is 11.6 Å². The monoisotopic (exact) mass is 189 g/mol. The summed E-state index contributed by atoms with van der Waals surface area (Å²) < 4.78 is 1.42. The molecule has 0 aliphatic rings. The molecule has 0 aliphatic carbocycles. The highest BCUT2D eigenvalue weighted by Gasteiger charge is 2.11. The standard InChI is InChI=1S/C10H11N3O/c1-7-9(11)10(14)13(12-7)8-5-3-2-4-6-8/h2-6,14H,11H2,1H3. The molecular weight excluding hydrogens is 178 g/mol. The normalized spacial score (nSPS) is 10.4. The van der Waals surface area contributed by atoms with Crippen molar-refractivity contribution in [1.29, 1.82) is 0 Å². The first-order chi connectivity index (χ1) is 6.70. The number of rotatable bonds is 1. The molecule has 72 valence electrons. The fourth-order valence-electron chi connectivity index (χ4n) is 1.28. The van der Waals surface area contributed by atoms with Crippen LogP contribution in [-0.2, 0) is 0 Å². The van der Waals surface area contributed by atoms with Crippen molar-refractivity contribution in [2.75, 3.05) is 5.73 Å². The smallest absolute Gasteiger partial charge is 0.238 e. The first-order valence-corrected chi connectivity index (χ1v) is 4.29. The Morgan fingerprint density at radius 2 is 1.93 bits per heavy atom. The lowest BCUT2D eigenvalue weighted by atomic mass is 10.3. The summed E-state index contributed by atoms with van der Waals surface area (Å²) in [6, 6.07) is 9.36. The molecule has 3 N–H and O–H groups in total. The van der Waals surface area contributed by atoms with Gasteiger partial charge in [-0.05, 0) is 19.1 Å². The molecule has 1 aromatic heterocycles. The molecule has 1 heterocycles. The highest BCUT2D eigenvalue weighted by atomic mass is 16.3.